The molecule has 0 saturated carbocycles. The molecule has 2 N–H and O–H groups in total. The van der Waals surface area contributed by atoms with E-state index in [2.05, 4.69) is 15.8 Å². The molecule has 0 saturated heterocycles. The Balaban J connectivity index is 1.66. The minimum Gasteiger partial charge on any atom is -0.490 e. The highest BCUT2D eigenvalue weighted by Gasteiger charge is 2.17. The Morgan fingerprint density at radius 1 is 0.944 bits per heavy atom. The average molecular weight is 549 g/mol. The normalized spacial score (nSPS) is 10.7. The second-order valence-corrected chi connectivity index (χ2v) is 8.47. The van der Waals surface area contributed by atoms with Gasteiger partial charge in [-0.2, -0.15) is 5.10 Å². The maximum absolute atomic E-state index is 12.5. The molecule has 0 fully saturated rings. The van der Waals surface area contributed by atoms with Crippen LogP contribution >= 0.6 is 34.8 Å². The van der Waals surface area contributed by atoms with Gasteiger partial charge in [0.05, 0.1) is 23.4 Å². The number of nitrogens with one attached hydrogen (secondary N) is 2. The van der Waals surface area contributed by atoms with Gasteiger partial charge in [-0.05, 0) is 73.5 Å². The third kappa shape index (κ3) is 6.97. The number of carbonyl (C=O) groups excluding carboxylic acids is 3. The predicted molar refractivity (Wildman–Crippen MR) is 140 cm³/mol. The highest BCUT2D eigenvalue weighted by Crippen LogP contribution is 2.30. The van der Waals surface area contributed by atoms with E-state index in [0.29, 0.717) is 33.5 Å². The third-order valence-corrected chi connectivity index (χ3v) is 5.68. The van der Waals surface area contributed by atoms with Crippen molar-refractivity contribution < 1.29 is 23.9 Å². The van der Waals surface area contributed by atoms with Gasteiger partial charge in [-0.15, -0.1) is 0 Å². The maximum atomic E-state index is 12.5. The van der Waals surface area contributed by atoms with E-state index in [1.165, 1.54) is 30.5 Å². The summed E-state index contributed by atoms with van der Waals surface area (Å²) in [5.41, 5.74) is 3.85. The molecular weight excluding hydrogens is 529 g/mol. The summed E-state index contributed by atoms with van der Waals surface area (Å²) < 4.78 is 11.0. The van der Waals surface area contributed by atoms with Crippen molar-refractivity contribution in [2.24, 2.45) is 5.10 Å². The average Bonchev–Trinajstić information content (AvgIpc) is 2.83. The zero-order valence-corrected chi connectivity index (χ0v) is 21.4. The summed E-state index contributed by atoms with van der Waals surface area (Å²) >= 11 is 18.0. The molecule has 3 rings (SSSR count). The lowest BCUT2D eigenvalue weighted by Gasteiger charge is -2.12. The van der Waals surface area contributed by atoms with E-state index in [0.717, 1.165) is 0 Å². The zero-order valence-electron chi connectivity index (χ0n) is 19.1. The first-order valence-corrected chi connectivity index (χ1v) is 11.7. The zero-order chi connectivity index (χ0) is 26.2. The van der Waals surface area contributed by atoms with Gasteiger partial charge in [0.25, 0.3) is 0 Å². The second kappa shape index (κ2) is 12.4. The van der Waals surface area contributed by atoms with Crippen LogP contribution in [-0.4, -0.2) is 30.6 Å². The van der Waals surface area contributed by atoms with Crippen LogP contribution in [0.2, 0.25) is 15.1 Å². The molecule has 0 heterocycles. The summed E-state index contributed by atoms with van der Waals surface area (Å²) in [5.74, 6) is -2.14. The second-order valence-electron chi connectivity index (χ2n) is 7.22. The van der Waals surface area contributed by atoms with Crippen LogP contribution in [-0.2, 0) is 9.59 Å². The number of benzene rings is 3. The molecule has 186 valence electrons. The van der Waals surface area contributed by atoms with Crippen molar-refractivity contribution in [2.75, 3.05) is 11.9 Å². The van der Waals surface area contributed by atoms with E-state index in [-0.39, 0.29) is 22.1 Å². The number of esters is 1. The molecule has 0 bridgehead atoms. The lowest BCUT2D eigenvalue weighted by atomic mass is 10.2. The fourth-order valence-corrected chi connectivity index (χ4v) is 3.57. The maximum Gasteiger partial charge on any atom is 0.345 e. The molecule has 0 atom stereocenters. The van der Waals surface area contributed by atoms with Gasteiger partial charge in [-0.25, -0.2) is 10.2 Å². The monoisotopic (exact) mass is 547 g/mol. The number of nitrogens with zero attached hydrogens (tertiary/aromatic N) is 1. The molecule has 0 radical (unpaired) electrons. The van der Waals surface area contributed by atoms with E-state index >= 15 is 0 Å². The molecule has 0 aliphatic rings. The summed E-state index contributed by atoms with van der Waals surface area (Å²) in [4.78, 5) is 36.8. The number of hydrogen-bond donors (Lipinski definition) is 2. The minimum absolute atomic E-state index is 0.142. The van der Waals surface area contributed by atoms with E-state index in [1.807, 2.05) is 0 Å². The Bertz CT molecular complexity index is 1340. The van der Waals surface area contributed by atoms with Crippen molar-refractivity contribution >= 4 is 64.5 Å². The lowest BCUT2D eigenvalue weighted by molar-refractivity contribution is -0.136. The summed E-state index contributed by atoms with van der Waals surface area (Å²) in [5, 5.41) is 7.28. The first kappa shape index (κ1) is 27.0. The molecular formula is C25H20Cl3N3O5. The Morgan fingerprint density at radius 2 is 1.72 bits per heavy atom. The van der Waals surface area contributed by atoms with Crippen molar-refractivity contribution in [2.45, 2.75) is 13.8 Å². The number of carbonyl (C=O) groups is 3. The van der Waals surface area contributed by atoms with Gasteiger partial charge in [-0.1, -0.05) is 40.9 Å². The Hall–Kier alpha value is -3.59. The van der Waals surface area contributed by atoms with Crippen molar-refractivity contribution in [3.63, 3.8) is 0 Å². The standard InChI is InChI=1S/C25H20Cl3N3O5/c1-3-35-22-11-15(7-10-21(22)36-25(34)17-9-8-16(26)12-19(17)28)13-29-31-24(33)23(32)30-20-6-4-5-18(27)14(20)2/h4-13H,3H2,1-2H3,(H,30,32)(H,31,33). The molecule has 3 aromatic rings. The predicted octanol–water partition coefficient (Wildman–Crippen LogP) is 5.66. The van der Waals surface area contributed by atoms with Crippen molar-refractivity contribution in [1.82, 2.24) is 5.43 Å². The van der Waals surface area contributed by atoms with Crippen LogP contribution in [0.3, 0.4) is 0 Å². The number of amides is 2. The van der Waals surface area contributed by atoms with Gasteiger partial charge < -0.3 is 14.8 Å². The number of anilines is 1. The van der Waals surface area contributed by atoms with Crippen LogP contribution < -0.4 is 20.2 Å². The van der Waals surface area contributed by atoms with Gasteiger partial charge in [-0.3, -0.25) is 9.59 Å². The van der Waals surface area contributed by atoms with E-state index in [1.54, 1.807) is 44.2 Å². The molecule has 3 aromatic carbocycles. The Morgan fingerprint density at radius 3 is 2.44 bits per heavy atom. The first-order chi connectivity index (χ1) is 17.2. The third-order valence-electron chi connectivity index (χ3n) is 4.72. The first-order valence-electron chi connectivity index (χ1n) is 10.5. The highest BCUT2D eigenvalue weighted by atomic mass is 35.5. The van der Waals surface area contributed by atoms with Crippen LogP contribution in [0, 0.1) is 6.92 Å². The van der Waals surface area contributed by atoms with Gasteiger partial charge >= 0.3 is 17.8 Å². The SMILES string of the molecule is CCOc1cc(C=NNC(=O)C(=O)Nc2cccc(Cl)c2C)ccc1OC(=O)c1ccc(Cl)cc1Cl. The summed E-state index contributed by atoms with van der Waals surface area (Å²) in [6.07, 6.45) is 1.31. The van der Waals surface area contributed by atoms with Crippen molar-refractivity contribution in [3.05, 3.63) is 86.4 Å². The molecule has 2 amide bonds. The number of hydrogen-bond acceptors (Lipinski definition) is 6. The minimum atomic E-state index is -0.971. The van der Waals surface area contributed by atoms with Crippen LogP contribution in [0.4, 0.5) is 5.69 Å². The van der Waals surface area contributed by atoms with Gasteiger partial charge in [0.15, 0.2) is 11.5 Å². The summed E-state index contributed by atoms with van der Waals surface area (Å²) in [6, 6.07) is 14.0. The van der Waals surface area contributed by atoms with Gasteiger partial charge in [0.1, 0.15) is 0 Å². The number of hydrazone groups is 1. The summed E-state index contributed by atoms with van der Waals surface area (Å²) in [7, 11) is 0. The Kier molecular flexibility index (Phi) is 9.30. The van der Waals surface area contributed by atoms with Gasteiger partial charge in [0, 0.05) is 15.7 Å². The van der Waals surface area contributed by atoms with Crippen LogP contribution in [0.15, 0.2) is 59.7 Å². The topological polar surface area (TPSA) is 106 Å². The van der Waals surface area contributed by atoms with Crippen LogP contribution in [0.25, 0.3) is 0 Å². The molecule has 0 aromatic heterocycles. The molecule has 8 nitrogen and oxygen atoms in total. The lowest BCUT2D eigenvalue weighted by Crippen LogP contribution is -2.32. The highest BCUT2D eigenvalue weighted by molar-refractivity contribution is 6.40. The molecule has 36 heavy (non-hydrogen) atoms. The molecule has 0 unspecified atom stereocenters. The largest absolute Gasteiger partial charge is 0.490 e. The fraction of sp³-hybridized carbons (Fsp3) is 0.120. The fourth-order valence-electron chi connectivity index (χ4n) is 2.91. The molecule has 0 spiro atoms. The van der Waals surface area contributed by atoms with E-state index < -0.39 is 17.8 Å². The van der Waals surface area contributed by atoms with Gasteiger partial charge in [0.2, 0.25) is 0 Å². The number of rotatable bonds is 7. The number of halogens is 3. The summed E-state index contributed by atoms with van der Waals surface area (Å²) in [6.45, 7) is 3.78. The van der Waals surface area contributed by atoms with Crippen molar-refractivity contribution in [3.8, 4) is 11.5 Å². The van der Waals surface area contributed by atoms with E-state index in [4.69, 9.17) is 44.3 Å². The van der Waals surface area contributed by atoms with Crippen LogP contribution in [0.1, 0.15) is 28.4 Å². The smallest absolute Gasteiger partial charge is 0.345 e. The molecule has 0 aliphatic heterocycles. The number of ether oxygens (including phenoxy) is 2. The molecule has 11 heteroatoms. The Labute approximate surface area is 222 Å². The van der Waals surface area contributed by atoms with Crippen LogP contribution in [0.5, 0.6) is 11.5 Å². The van der Waals surface area contributed by atoms with Crippen molar-refractivity contribution in [1.29, 1.82) is 0 Å². The quantitative estimate of drug-likeness (QED) is 0.130. The van der Waals surface area contributed by atoms with E-state index in [9.17, 15) is 14.4 Å². The molecule has 0 aliphatic carbocycles.